The zero-order chi connectivity index (χ0) is 32.9. The van der Waals surface area contributed by atoms with Gasteiger partial charge in [0.05, 0.1) is 12.1 Å². The van der Waals surface area contributed by atoms with Crippen molar-refractivity contribution in [2.24, 2.45) is 0 Å². The molecule has 3 aromatic carbocycles. The van der Waals surface area contributed by atoms with Crippen molar-refractivity contribution in [1.29, 1.82) is 0 Å². The zero-order valence-electron chi connectivity index (χ0n) is 26.7. The molecule has 0 radical (unpaired) electrons. The summed E-state index contributed by atoms with van der Waals surface area (Å²) >= 11 is 1.38. The molecule has 0 fully saturated rings. The predicted octanol–water partition coefficient (Wildman–Crippen LogP) is 8.18. The van der Waals surface area contributed by atoms with Gasteiger partial charge in [0.25, 0.3) is 5.91 Å². The van der Waals surface area contributed by atoms with Gasteiger partial charge >= 0.3 is 6.18 Å². The van der Waals surface area contributed by atoms with Gasteiger partial charge in [0.15, 0.2) is 0 Å². The highest BCUT2D eigenvalue weighted by atomic mass is 32.1. The molecule has 1 heterocycles. The Hall–Kier alpha value is -3.73. The highest BCUT2D eigenvalue weighted by Gasteiger charge is 2.30. The van der Waals surface area contributed by atoms with Gasteiger partial charge in [-0.05, 0) is 74.3 Å². The number of halogens is 3. The van der Waals surface area contributed by atoms with Crippen LogP contribution in [0.3, 0.4) is 0 Å². The molecule has 0 saturated heterocycles. The van der Waals surface area contributed by atoms with Crippen LogP contribution in [-0.2, 0) is 32.4 Å². The van der Waals surface area contributed by atoms with Crippen LogP contribution in [0.25, 0.3) is 0 Å². The maximum Gasteiger partial charge on any atom is 0.416 e. The van der Waals surface area contributed by atoms with Crippen molar-refractivity contribution in [3.05, 3.63) is 117 Å². The van der Waals surface area contributed by atoms with E-state index in [1.165, 1.54) is 23.5 Å². The molecule has 0 bridgehead atoms. The third kappa shape index (κ3) is 11.3. The van der Waals surface area contributed by atoms with E-state index in [0.29, 0.717) is 36.0 Å². The fourth-order valence-corrected chi connectivity index (χ4v) is 5.99. The monoisotopic (exact) mass is 652 g/mol. The summed E-state index contributed by atoms with van der Waals surface area (Å²) in [6, 6.07) is 23.0. The molecule has 0 saturated carbocycles. The number of amides is 1. The fraction of sp³-hybridized carbons (Fsp3) is 0.389. The van der Waals surface area contributed by atoms with Crippen LogP contribution in [0.5, 0.6) is 5.75 Å². The Balaban J connectivity index is 1.41. The second kappa shape index (κ2) is 17.3. The standard InChI is InChI=1S/C36H43F3N4O2S/c1-4-42(5-2)20-10-11-27(3)40-35(44)33-26-46-34(41-33)24-43(23-30-14-9-15-31(21-30)36(37,38)39)22-28-16-18-32(19-17-28)45-25-29-12-7-6-8-13-29/h6-9,12-19,21,26-27H,4-5,10-11,20,22-25H2,1-3H3,(H,40,44). The van der Waals surface area contributed by atoms with Crippen molar-refractivity contribution in [2.75, 3.05) is 19.6 Å². The van der Waals surface area contributed by atoms with E-state index in [2.05, 4.69) is 29.0 Å². The number of rotatable bonds is 17. The van der Waals surface area contributed by atoms with E-state index in [-0.39, 0.29) is 18.5 Å². The number of benzene rings is 3. The lowest BCUT2D eigenvalue weighted by Crippen LogP contribution is -2.34. The maximum atomic E-state index is 13.4. The largest absolute Gasteiger partial charge is 0.489 e. The van der Waals surface area contributed by atoms with Crippen molar-refractivity contribution in [3.63, 3.8) is 0 Å². The molecule has 1 amide bonds. The van der Waals surface area contributed by atoms with Crippen molar-refractivity contribution in [3.8, 4) is 5.75 Å². The molecule has 0 aliphatic rings. The van der Waals surface area contributed by atoms with Crippen LogP contribution in [0.2, 0.25) is 0 Å². The summed E-state index contributed by atoms with van der Waals surface area (Å²) in [6.07, 6.45) is -2.55. The average molecular weight is 653 g/mol. The van der Waals surface area contributed by atoms with Crippen molar-refractivity contribution < 1.29 is 22.7 Å². The Morgan fingerprint density at radius 1 is 0.891 bits per heavy atom. The molecule has 1 atom stereocenters. The summed E-state index contributed by atoms with van der Waals surface area (Å²) in [4.78, 5) is 21.9. The van der Waals surface area contributed by atoms with Crippen LogP contribution < -0.4 is 10.1 Å². The van der Waals surface area contributed by atoms with Crippen molar-refractivity contribution in [2.45, 2.75) is 72.1 Å². The van der Waals surface area contributed by atoms with Gasteiger partial charge in [-0.25, -0.2) is 4.98 Å². The molecule has 0 aliphatic heterocycles. The summed E-state index contributed by atoms with van der Waals surface area (Å²) in [5, 5.41) is 5.51. The third-order valence-corrected chi connectivity index (χ3v) is 8.60. The summed E-state index contributed by atoms with van der Waals surface area (Å²) in [5.74, 6) is 0.517. The van der Waals surface area contributed by atoms with E-state index in [0.717, 1.165) is 55.4 Å². The van der Waals surface area contributed by atoms with Gasteiger partial charge in [-0.2, -0.15) is 13.2 Å². The van der Waals surface area contributed by atoms with Crippen LogP contribution in [0.15, 0.2) is 84.2 Å². The number of carbonyl (C=O) groups excluding carboxylic acids is 1. The number of aromatic nitrogens is 1. The molecular formula is C36H43F3N4O2S. The molecule has 246 valence electrons. The molecule has 0 spiro atoms. The predicted molar refractivity (Wildman–Crippen MR) is 178 cm³/mol. The molecule has 1 N–H and O–H groups in total. The third-order valence-electron chi connectivity index (χ3n) is 7.77. The van der Waals surface area contributed by atoms with E-state index < -0.39 is 11.7 Å². The first-order valence-electron chi connectivity index (χ1n) is 15.7. The van der Waals surface area contributed by atoms with Gasteiger partial charge < -0.3 is 15.0 Å². The summed E-state index contributed by atoms with van der Waals surface area (Å²) in [7, 11) is 0. The van der Waals surface area contributed by atoms with Crippen LogP contribution in [0.1, 0.15) is 71.4 Å². The molecule has 0 aliphatic carbocycles. The number of hydrogen-bond donors (Lipinski definition) is 1. The van der Waals surface area contributed by atoms with Gasteiger partial charge in [-0.3, -0.25) is 9.69 Å². The highest BCUT2D eigenvalue weighted by molar-refractivity contribution is 7.09. The first-order chi connectivity index (χ1) is 22.1. The Labute approximate surface area is 274 Å². The molecule has 6 nitrogen and oxygen atoms in total. The van der Waals surface area contributed by atoms with Crippen LogP contribution >= 0.6 is 11.3 Å². The molecule has 46 heavy (non-hydrogen) atoms. The molecular weight excluding hydrogens is 609 g/mol. The Bertz CT molecular complexity index is 1490. The van der Waals surface area contributed by atoms with Gasteiger partial charge in [0.2, 0.25) is 0 Å². The number of ether oxygens (including phenoxy) is 1. The van der Waals surface area contributed by atoms with Crippen molar-refractivity contribution in [1.82, 2.24) is 20.1 Å². The fourth-order valence-electron chi connectivity index (χ4n) is 5.17. The number of thiazole rings is 1. The number of nitrogens with one attached hydrogen (secondary N) is 1. The van der Waals surface area contributed by atoms with Gasteiger partial charge in [0, 0.05) is 24.5 Å². The smallest absolute Gasteiger partial charge is 0.416 e. The van der Waals surface area contributed by atoms with E-state index >= 15 is 0 Å². The van der Waals surface area contributed by atoms with E-state index in [9.17, 15) is 18.0 Å². The van der Waals surface area contributed by atoms with Crippen LogP contribution in [0.4, 0.5) is 13.2 Å². The molecule has 10 heteroatoms. The quantitative estimate of drug-likeness (QED) is 0.125. The van der Waals surface area contributed by atoms with Gasteiger partial charge in [-0.15, -0.1) is 11.3 Å². The van der Waals surface area contributed by atoms with E-state index in [4.69, 9.17) is 4.74 Å². The molecule has 4 aromatic rings. The van der Waals surface area contributed by atoms with Crippen molar-refractivity contribution >= 4 is 17.2 Å². The topological polar surface area (TPSA) is 57.7 Å². The average Bonchev–Trinajstić information content (AvgIpc) is 3.52. The normalized spacial score (nSPS) is 12.4. The first kappa shape index (κ1) is 35.1. The maximum absolute atomic E-state index is 13.4. The minimum atomic E-state index is -4.42. The lowest BCUT2D eigenvalue weighted by molar-refractivity contribution is -0.137. The number of alkyl halides is 3. The lowest BCUT2D eigenvalue weighted by atomic mass is 10.1. The second-order valence-corrected chi connectivity index (χ2v) is 12.4. The molecule has 1 unspecified atom stereocenters. The minimum Gasteiger partial charge on any atom is -0.489 e. The number of nitrogens with zero attached hydrogens (tertiary/aromatic N) is 3. The van der Waals surface area contributed by atoms with E-state index in [1.54, 1.807) is 11.4 Å². The Morgan fingerprint density at radius 3 is 2.28 bits per heavy atom. The molecule has 1 aromatic heterocycles. The Kier molecular flexibility index (Phi) is 13.2. The van der Waals surface area contributed by atoms with Gasteiger partial charge in [0.1, 0.15) is 23.1 Å². The first-order valence-corrected chi connectivity index (χ1v) is 16.6. The van der Waals surface area contributed by atoms with Crippen LogP contribution in [0, 0.1) is 0 Å². The lowest BCUT2D eigenvalue weighted by Gasteiger charge is -2.22. The highest BCUT2D eigenvalue weighted by Crippen LogP contribution is 2.30. The van der Waals surface area contributed by atoms with Gasteiger partial charge in [-0.1, -0.05) is 74.5 Å². The van der Waals surface area contributed by atoms with Crippen LogP contribution in [-0.4, -0.2) is 46.4 Å². The molecule has 4 rings (SSSR count). The Morgan fingerprint density at radius 2 is 1.59 bits per heavy atom. The number of hydrogen-bond acceptors (Lipinski definition) is 6. The van der Waals surface area contributed by atoms with E-state index in [1.807, 2.05) is 66.4 Å². The number of carbonyl (C=O) groups is 1. The summed E-state index contributed by atoms with van der Waals surface area (Å²) in [5.41, 5.74) is 2.27. The minimum absolute atomic E-state index is 0.0188. The SMILES string of the molecule is CCN(CC)CCCC(C)NC(=O)c1csc(CN(Cc2ccc(OCc3ccccc3)cc2)Cc2cccc(C(F)(F)F)c2)n1. The second-order valence-electron chi connectivity index (χ2n) is 11.4. The zero-order valence-corrected chi connectivity index (χ0v) is 27.5. The summed E-state index contributed by atoms with van der Waals surface area (Å²) < 4.78 is 46.2. The summed E-state index contributed by atoms with van der Waals surface area (Å²) in [6.45, 7) is 10.9.